The fourth-order valence-electron chi connectivity index (χ4n) is 3.40. The molecule has 3 aromatic heterocycles. The van der Waals surface area contributed by atoms with Crippen molar-refractivity contribution in [2.45, 2.75) is 39.0 Å². The molecule has 2 N–H and O–H groups in total. The molecule has 0 bridgehead atoms. The standard InChI is InChI=1S/C23H19Cl3F3N9O2/c1-22(2,3)32-19(39)13-7-11(24)8-15(26)17(13)31-20(40)16-9-12(10-37-35-21(33-36-37)23(27,28)29)34-38(16)18-14(25)5-4-6-30-18/h4-9H,10H2,1-3H3,(H,31,40)(H,32,39). The number of tetrazole rings is 1. The molecule has 0 fully saturated rings. The molecule has 1 aromatic carbocycles. The fraction of sp³-hybridized carbons (Fsp3) is 0.261. The molecular weight excluding hydrogens is 598 g/mol. The van der Waals surface area contributed by atoms with E-state index in [9.17, 15) is 22.8 Å². The number of pyridine rings is 1. The molecule has 0 saturated heterocycles. The summed E-state index contributed by atoms with van der Waals surface area (Å²) in [6, 6.07) is 7.03. The number of halogens is 6. The van der Waals surface area contributed by atoms with Crippen LogP contribution in [-0.4, -0.2) is 52.3 Å². The minimum absolute atomic E-state index is 0.00516. The van der Waals surface area contributed by atoms with Crippen LogP contribution in [0.1, 0.15) is 53.1 Å². The van der Waals surface area contributed by atoms with Crippen molar-refractivity contribution >= 4 is 52.3 Å². The van der Waals surface area contributed by atoms with Crippen molar-refractivity contribution in [1.82, 2.24) is 40.3 Å². The maximum atomic E-state index is 13.6. The Morgan fingerprint density at radius 3 is 2.35 bits per heavy atom. The molecule has 0 saturated carbocycles. The molecule has 210 valence electrons. The van der Waals surface area contributed by atoms with Crippen molar-refractivity contribution in [2.75, 3.05) is 5.32 Å². The van der Waals surface area contributed by atoms with Gasteiger partial charge in [0, 0.05) is 16.8 Å². The van der Waals surface area contributed by atoms with E-state index >= 15 is 0 Å². The topological polar surface area (TPSA) is 133 Å². The zero-order valence-corrected chi connectivity index (χ0v) is 23.2. The van der Waals surface area contributed by atoms with Gasteiger partial charge in [0.1, 0.15) is 12.2 Å². The van der Waals surface area contributed by atoms with Gasteiger partial charge in [0.2, 0.25) is 0 Å². The molecule has 2 amide bonds. The molecule has 0 spiro atoms. The number of anilines is 1. The van der Waals surface area contributed by atoms with E-state index in [4.69, 9.17) is 34.8 Å². The molecular formula is C23H19Cl3F3N9O2. The third-order valence-corrected chi connectivity index (χ3v) is 5.78. The minimum Gasteiger partial charge on any atom is -0.347 e. The molecule has 3 heterocycles. The molecule has 4 aromatic rings. The Kier molecular flexibility index (Phi) is 8.06. The number of carbonyl (C=O) groups excluding carboxylic acids is 2. The van der Waals surface area contributed by atoms with Crippen molar-refractivity contribution in [2.24, 2.45) is 0 Å². The number of hydrogen-bond donors (Lipinski definition) is 2. The third-order valence-electron chi connectivity index (χ3n) is 4.97. The second kappa shape index (κ2) is 11.0. The number of nitrogens with zero attached hydrogens (tertiary/aromatic N) is 7. The summed E-state index contributed by atoms with van der Waals surface area (Å²) in [5.74, 6) is -2.73. The van der Waals surface area contributed by atoms with Crippen LogP contribution in [0.15, 0.2) is 36.5 Å². The Bertz CT molecular complexity index is 1600. The molecule has 0 atom stereocenters. The first kappa shape index (κ1) is 29.2. The summed E-state index contributed by atoms with van der Waals surface area (Å²) in [5, 5.41) is 19.6. The van der Waals surface area contributed by atoms with Crippen molar-refractivity contribution in [3.63, 3.8) is 0 Å². The molecule has 0 aliphatic heterocycles. The van der Waals surface area contributed by atoms with E-state index in [2.05, 4.69) is 36.1 Å². The zero-order valence-electron chi connectivity index (χ0n) is 20.9. The lowest BCUT2D eigenvalue weighted by atomic mass is 10.1. The normalized spacial score (nSPS) is 11.9. The van der Waals surface area contributed by atoms with Gasteiger partial charge in [-0.1, -0.05) is 34.8 Å². The van der Waals surface area contributed by atoms with E-state index in [0.717, 1.165) is 4.68 Å². The Morgan fingerprint density at radius 2 is 1.73 bits per heavy atom. The maximum Gasteiger partial charge on any atom is 0.455 e. The highest BCUT2D eigenvalue weighted by Crippen LogP contribution is 2.32. The molecule has 40 heavy (non-hydrogen) atoms. The lowest BCUT2D eigenvalue weighted by molar-refractivity contribution is -0.145. The van der Waals surface area contributed by atoms with Crippen LogP contribution >= 0.6 is 34.8 Å². The van der Waals surface area contributed by atoms with E-state index in [0.29, 0.717) is 4.80 Å². The predicted molar refractivity (Wildman–Crippen MR) is 140 cm³/mol. The summed E-state index contributed by atoms with van der Waals surface area (Å²) >= 11 is 18.8. The van der Waals surface area contributed by atoms with Crippen molar-refractivity contribution in [3.05, 3.63) is 74.4 Å². The largest absolute Gasteiger partial charge is 0.455 e. The highest BCUT2D eigenvalue weighted by molar-refractivity contribution is 6.38. The average Bonchev–Trinajstić information content (AvgIpc) is 3.47. The summed E-state index contributed by atoms with van der Waals surface area (Å²) in [7, 11) is 0. The van der Waals surface area contributed by atoms with Gasteiger partial charge in [-0.3, -0.25) is 9.59 Å². The number of rotatable bonds is 6. The van der Waals surface area contributed by atoms with Gasteiger partial charge >= 0.3 is 6.18 Å². The summed E-state index contributed by atoms with van der Waals surface area (Å²) in [4.78, 5) is 31.4. The van der Waals surface area contributed by atoms with Crippen molar-refractivity contribution < 1.29 is 22.8 Å². The summed E-state index contributed by atoms with van der Waals surface area (Å²) in [6.45, 7) is 4.94. The van der Waals surface area contributed by atoms with Gasteiger partial charge in [-0.2, -0.15) is 23.1 Å². The van der Waals surface area contributed by atoms with Crippen LogP contribution in [0.4, 0.5) is 18.9 Å². The van der Waals surface area contributed by atoms with E-state index in [1.165, 1.54) is 30.5 Å². The van der Waals surface area contributed by atoms with Crippen LogP contribution < -0.4 is 10.6 Å². The number of carbonyl (C=O) groups is 2. The average molecular weight is 617 g/mol. The molecule has 0 aliphatic rings. The maximum absolute atomic E-state index is 13.6. The number of aromatic nitrogens is 7. The SMILES string of the molecule is CC(C)(C)NC(=O)c1cc(Cl)cc(Cl)c1NC(=O)c1cc(Cn2nnc(C(F)(F)F)n2)nn1-c1ncccc1Cl. The highest BCUT2D eigenvalue weighted by Gasteiger charge is 2.37. The van der Waals surface area contributed by atoms with Gasteiger partial charge < -0.3 is 10.6 Å². The second-order valence-corrected chi connectivity index (χ2v) is 10.6. The molecule has 17 heteroatoms. The van der Waals surface area contributed by atoms with Crippen LogP contribution in [0.2, 0.25) is 15.1 Å². The Labute approximate surface area is 239 Å². The number of hydrogen-bond acceptors (Lipinski definition) is 7. The van der Waals surface area contributed by atoms with Crippen LogP contribution in [0.25, 0.3) is 5.82 Å². The monoisotopic (exact) mass is 615 g/mol. The van der Waals surface area contributed by atoms with Gasteiger partial charge in [0.25, 0.3) is 17.6 Å². The van der Waals surface area contributed by atoms with Gasteiger partial charge in [0.15, 0.2) is 5.82 Å². The first-order chi connectivity index (χ1) is 18.6. The molecule has 0 radical (unpaired) electrons. The van der Waals surface area contributed by atoms with E-state index in [1.807, 2.05) is 0 Å². The number of alkyl halides is 3. The smallest absolute Gasteiger partial charge is 0.347 e. The summed E-state index contributed by atoms with van der Waals surface area (Å²) in [6.07, 6.45) is -3.39. The Morgan fingerprint density at radius 1 is 1.00 bits per heavy atom. The predicted octanol–water partition coefficient (Wildman–Crippen LogP) is 5.06. The first-order valence-corrected chi connectivity index (χ1v) is 12.4. The number of benzene rings is 1. The summed E-state index contributed by atoms with van der Waals surface area (Å²) < 4.78 is 39.8. The number of nitrogens with one attached hydrogen (secondary N) is 2. The Balaban J connectivity index is 1.74. The van der Waals surface area contributed by atoms with Gasteiger partial charge in [-0.15, -0.1) is 10.2 Å². The van der Waals surface area contributed by atoms with Gasteiger partial charge in [-0.05, 0) is 56.3 Å². The van der Waals surface area contributed by atoms with Crippen molar-refractivity contribution in [1.29, 1.82) is 0 Å². The summed E-state index contributed by atoms with van der Waals surface area (Å²) in [5.41, 5.74) is -0.718. The fourth-order valence-corrected chi connectivity index (χ4v) is 4.14. The van der Waals surface area contributed by atoms with Gasteiger partial charge in [0.05, 0.1) is 27.0 Å². The van der Waals surface area contributed by atoms with E-state index < -0.39 is 29.4 Å². The van der Waals surface area contributed by atoms with E-state index in [-0.39, 0.29) is 50.1 Å². The lowest BCUT2D eigenvalue weighted by Gasteiger charge is -2.22. The first-order valence-electron chi connectivity index (χ1n) is 11.3. The molecule has 11 nitrogen and oxygen atoms in total. The van der Waals surface area contributed by atoms with E-state index in [1.54, 1.807) is 26.8 Å². The Hall–Kier alpha value is -3.75. The molecule has 0 unspecified atom stereocenters. The van der Waals surface area contributed by atoms with Crippen LogP contribution in [0.3, 0.4) is 0 Å². The van der Waals surface area contributed by atoms with Gasteiger partial charge in [-0.25, -0.2) is 9.67 Å². The second-order valence-electron chi connectivity index (χ2n) is 9.35. The highest BCUT2D eigenvalue weighted by atomic mass is 35.5. The van der Waals surface area contributed by atoms with Crippen LogP contribution in [0.5, 0.6) is 0 Å². The third kappa shape index (κ3) is 6.69. The zero-order chi connectivity index (χ0) is 29.4. The van der Waals surface area contributed by atoms with Crippen LogP contribution in [0, 0.1) is 0 Å². The quantitative estimate of drug-likeness (QED) is 0.309. The number of amides is 2. The minimum atomic E-state index is -4.79. The molecule has 0 aliphatic carbocycles. The van der Waals surface area contributed by atoms with Crippen LogP contribution in [-0.2, 0) is 12.7 Å². The lowest BCUT2D eigenvalue weighted by Crippen LogP contribution is -2.41. The van der Waals surface area contributed by atoms with Crippen molar-refractivity contribution in [3.8, 4) is 5.82 Å². The molecule has 4 rings (SSSR count).